The van der Waals surface area contributed by atoms with Crippen LogP contribution in [0.25, 0.3) is 6.08 Å². The zero-order valence-electron chi connectivity index (χ0n) is 19.5. The lowest BCUT2D eigenvalue weighted by Crippen LogP contribution is -2.81. The molecule has 0 unspecified atom stereocenters. The van der Waals surface area contributed by atoms with E-state index in [1.54, 1.807) is 0 Å². The Hall–Kier alpha value is -2.83. The molecule has 172 valence electrons. The third-order valence-corrected chi connectivity index (χ3v) is 9.84. The number of fused-ring (bicyclic) bond motifs is 5. The molecule has 7 heteroatoms. The number of carbonyl (C=O) groups excluding carboxylic acids is 3. The Labute approximate surface area is 192 Å². The van der Waals surface area contributed by atoms with Crippen LogP contribution in [0.2, 0.25) is 0 Å². The fourth-order valence-corrected chi connectivity index (χ4v) is 8.24. The second kappa shape index (κ2) is 5.29. The van der Waals surface area contributed by atoms with E-state index in [2.05, 4.69) is 24.5 Å². The molecule has 6 heterocycles. The van der Waals surface area contributed by atoms with Gasteiger partial charge in [0, 0.05) is 18.0 Å². The molecule has 0 radical (unpaired) electrons. The molecule has 1 aliphatic carbocycles. The number of rotatable bonds is 0. The number of benzene rings is 1. The fraction of sp³-hybridized carbons (Fsp3) is 0.577. The first-order chi connectivity index (χ1) is 15.5. The van der Waals surface area contributed by atoms with E-state index in [9.17, 15) is 14.4 Å². The van der Waals surface area contributed by atoms with Gasteiger partial charge in [-0.3, -0.25) is 14.4 Å². The number of nitrogens with one attached hydrogen (secondary N) is 2. The zero-order chi connectivity index (χ0) is 23.2. The number of piperazine rings is 1. The first-order valence-corrected chi connectivity index (χ1v) is 12.0. The maximum atomic E-state index is 13.9. The van der Waals surface area contributed by atoms with E-state index in [1.165, 1.54) is 0 Å². The van der Waals surface area contributed by atoms with Gasteiger partial charge in [-0.05, 0) is 68.7 Å². The zero-order valence-corrected chi connectivity index (χ0v) is 19.5. The van der Waals surface area contributed by atoms with Crippen LogP contribution in [0.15, 0.2) is 18.2 Å². The minimum absolute atomic E-state index is 0.00462. The largest absolute Gasteiger partial charge is 0.483 e. The third kappa shape index (κ3) is 1.87. The number of hydrogen-bond acceptors (Lipinski definition) is 4. The molecule has 2 N–H and O–H groups in total. The molecule has 4 atom stereocenters. The van der Waals surface area contributed by atoms with E-state index >= 15 is 0 Å². The van der Waals surface area contributed by atoms with Crippen molar-refractivity contribution in [1.29, 1.82) is 0 Å². The van der Waals surface area contributed by atoms with Crippen LogP contribution in [-0.4, -0.2) is 45.8 Å². The average molecular weight is 448 g/mol. The highest BCUT2D eigenvalue weighted by atomic mass is 16.5. The molecular weight excluding hydrogens is 418 g/mol. The predicted octanol–water partition coefficient (Wildman–Crippen LogP) is 2.74. The quantitative estimate of drug-likeness (QED) is 0.640. The maximum absolute atomic E-state index is 13.9. The maximum Gasteiger partial charge on any atom is 0.249 e. The monoisotopic (exact) mass is 447 g/mol. The summed E-state index contributed by atoms with van der Waals surface area (Å²) in [4.78, 5) is 43.0. The number of anilines is 1. The Morgan fingerprint density at radius 2 is 1.88 bits per heavy atom. The molecule has 33 heavy (non-hydrogen) atoms. The van der Waals surface area contributed by atoms with E-state index in [0.29, 0.717) is 25.8 Å². The summed E-state index contributed by atoms with van der Waals surface area (Å²) in [5.41, 5.74) is -1.06. The first kappa shape index (κ1) is 19.6. The number of nitrogens with zero attached hydrogens (tertiary/aromatic N) is 1. The molecule has 3 amide bonds. The number of piperidine rings is 2. The van der Waals surface area contributed by atoms with Gasteiger partial charge >= 0.3 is 0 Å². The summed E-state index contributed by atoms with van der Waals surface area (Å²) in [6, 6.07) is 3.95. The number of hydrogen-bond donors (Lipinski definition) is 2. The first-order valence-electron chi connectivity index (χ1n) is 12.0. The molecule has 8 rings (SSSR count). The van der Waals surface area contributed by atoms with Crippen molar-refractivity contribution in [3.63, 3.8) is 0 Å². The molecular formula is C26H29N3O4. The van der Waals surface area contributed by atoms with Crippen molar-refractivity contribution < 1.29 is 19.1 Å². The lowest BCUT2D eigenvalue weighted by Gasteiger charge is -2.59. The van der Waals surface area contributed by atoms with E-state index < -0.39 is 27.5 Å². The molecule has 3 spiro atoms. The molecule has 7 aliphatic rings. The Morgan fingerprint density at radius 3 is 2.67 bits per heavy atom. The summed E-state index contributed by atoms with van der Waals surface area (Å²) in [6.45, 7) is 8.86. The Morgan fingerprint density at radius 1 is 1.09 bits per heavy atom. The lowest BCUT2D eigenvalue weighted by atomic mass is 9.57. The molecule has 0 aromatic heterocycles. The van der Waals surface area contributed by atoms with Crippen LogP contribution in [0, 0.1) is 11.3 Å². The van der Waals surface area contributed by atoms with E-state index in [4.69, 9.17) is 4.74 Å². The second-order valence-corrected chi connectivity index (χ2v) is 12.0. The second-order valence-electron chi connectivity index (χ2n) is 12.0. The standard InChI is InChI=1S/C26H29N3O4/c1-22(2)10-8-14-16(33-22)7-6-15-18(14)27-20(31)25(15)13-26-17(23(25,3)4)12-24(19(30)28-26)9-5-11-29(24)21(26)32/h6-8,10,17H,5,9,11-13H2,1-4H3,(H,27,31)(H,28,30)/t17-,24-,25+,26-/m1/s1. The predicted molar refractivity (Wildman–Crippen MR) is 122 cm³/mol. The highest BCUT2D eigenvalue weighted by Gasteiger charge is 2.80. The molecule has 4 saturated heterocycles. The summed E-state index contributed by atoms with van der Waals surface area (Å²) < 4.78 is 6.15. The Bertz CT molecular complexity index is 1230. The van der Waals surface area contributed by atoms with Crippen molar-refractivity contribution in [2.75, 3.05) is 11.9 Å². The van der Waals surface area contributed by atoms with Crippen LogP contribution in [0.3, 0.4) is 0 Å². The summed E-state index contributed by atoms with van der Waals surface area (Å²) in [7, 11) is 0. The summed E-state index contributed by atoms with van der Waals surface area (Å²) >= 11 is 0. The molecule has 1 aromatic carbocycles. The highest BCUT2D eigenvalue weighted by molar-refractivity contribution is 6.12. The van der Waals surface area contributed by atoms with Gasteiger partial charge in [-0.2, -0.15) is 0 Å². The minimum atomic E-state index is -1.03. The van der Waals surface area contributed by atoms with E-state index in [-0.39, 0.29) is 23.6 Å². The molecule has 2 bridgehead atoms. The van der Waals surface area contributed by atoms with Crippen molar-refractivity contribution >= 4 is 29.5 Å². The Kier molecular flexibility index (Phi) is 3.14. The van der Waals surface area contributed by atoms with Gasteiger partial charge in [-0.25, -0.2) is 0 Å². The topological polar surface area (TPSA) is 87.7 Å². The van der Waals surface area contributed by atoms with Gasteiger partial charge in [-0.15, -0.1) is 0 Å². The average Bonchev–Trinajstić information content (AvgIpc) is 3.35. The number of amides is 3. The van der Waals surface area contributed by atoms with Crippen LogP contribution in [0.4, 0.5) is 5.69 Å². The Balaban J connectivity index is 1.43. The fourth-order valence-electron chi connectivity index (χ4n) is 8.24. The summed E-state index contributed by atoms with van der Waals surface area (Å²) in [5.74, 6) is 0.523. The normalized spacial score (nSPS) is 40.2. The summed E-state index contributed by atoms with van der Waals surface area (Å²) in [5, 5.41) is 6.36. The van der Waals surface area contributed by atoms with Gasteiger partial charge < -0.3 is 20.3 Å². The van der Waals surface area contributed by atoms with Gasteiger partial charge in [0.2, 0.25) is 17.7 Å². The number of ether oxygens (including phenoxy) is 1. The highest BCUT2D eigenvalue weighted by Crippen LogP contribution is 2.70. The molecule has 1 saturated carbocycles. The summed E-state index contributed by atoms with van der Waals surface area (Å²) in [6.07, 6.45) is 6.51. The van der Waals surface area contributed by atoms with E-state index in [1.807, 2.05) is 43.0 Å². The van der Waals surface area contributed by atoms with Crippen molar-refractivity contribution in [3.05, 3.63) is 29.3 Å². The number of carbonyl (C=O) groups is 3. The van der Waals surface area contributed by atoms with Crippen LogP contribution in [-0.2, 0) is 19.8 Å². The molecule has 7 nitrogen and oxygen atoms in total. The van der Waals surface area contributed by atoms with Crippen molar-refractivity contribution in [3.8, 4) is 5.75 Å². The smallest absolute Gasteiger partial charge is 0.249 e. The van der Waals surface area contributed by atoms with Gasteiger partial charge in [0.1, 0.15) is 22.4 Å². The van der Waals surface area contributed by atoms with Crippen molar-refractivity contribution in [1.82, 2.24) is 10.2 Å². The van der Waals surface area contributed by atoms with Gasteiger partial charge in [-0.1, -0.05) is 19.9 Å². The van der Waals surface area contributed by atoms with Crippen LogP contribution in [0.1, 0.15) is 64.5 Å². The minimum Gasteiger partial charge on any atom is -0.483 e. The molecule has 6 aliphatic heterocycles. The molecule has 5 fully saturated rings. The van der Waals surface area contributed by atoms with E-state index in [0.717, 1.165) is 29.0 Å². The molecule has 1 aromatic rings. The van der Waals surface area contributed by atoms with Gasteiger partial charge in [0.05, 0.1) is 11.1 Å². The van der Waals surface area contributed by atoms with Crippen molar-refractivity contribution in [2.24, 2.45) is 11.3 Å². The SMILES string of the molecule is CC1(C)C=Cc2c(ccc3c2NC(=O)[C@]32C[C@]34NC(=O)[C@@]5(CCCN5C3=O)C[C@@H]4C2(C)C)O1. The van der Waals surface area contributed by atoms with Gasteiger partial charge in [0.25, 0.3) is 0 Å². The lowest BCUT2D eigenvalue weighted by molar-refractivity contribution is -0.175. The third-order valence-electron chi connectivity index (χ3n) is 9.84. The van der Waals surface area contributed by atoms with Crippen molar-refractivity contribution in [2.45, 2.75) is 75.5 Å². The van der Waals surface area contributed by atoms with Crippen LogP contribution < -0.4 is 15.4 Å². The van der Waals surface area contributed by atoms with Crippen LogP contribution >= 0.6 is 0 Å². The van der Waals surface area contributed by atoms with Crippen LogP contribution in [0.5, 0.6) is 5.75 Å². The van der Waals surface area contributed by atoms with Gasteiger partial charge in [0.15, 0.2) is 0 Å².